The molecule has 5 nitrogen and oxygen atoms in total. The van der Waals surface area contributed by atoms with Gasteiger partial charge in [-0.2, -0.15) is 0 Å². The van der Waals surface area contributed by atoms with Gasteiger partial charge in [-0.1, -0.05) is 54.6 Å². The molecule has 31 heavy (non-hydrogen) atoms. The molecule has 0 aliphatic carbocycles. The molecule has 7 heteroatoms. The first-order valence-corrected chi connectivity index (χ1v) is 10.8. The summed E-state index contributed by atoms with van der Waals surface area (Å²) in [5.74, 6) is 0.777. The number of hydrogen-bond acceptors (Lipinski definition) is 4. The second-order valence-electron chi connectivity index (χ2n) is 8.44. The van der Waals surface area contributed by atoms with Gasteiger partial charge in [-0.05, 0) is 29.0 Å². The Morgan fingerprint density at radius 2 is 1.77 bits per heavy atom. The average Bonchev–Trinajstić information content (AvgIpc) is 3.28. The van der Waals surface area contributed by atoms with Crippen molar-refractivity contribution in [3.8, 4) is 0 Å². The molecular formula is C24H24B2N4O. The van der Waals surface area contributed by atoms with Crippen LogP contribution in [0.2, 0.25) is 0 Å². The Kier molecular flexibility index (Phi) is 5.01. The largest absolute Gasteiger partial charge is 0.314 e. The Labute approximate surface area is 186 Å². The van der Waals surface area contributed by atoms with Crippen molar-refractivity contribution in [2.75, 3.05) is 26.2 Å². The Balaban J connectivity index is 1.47. The van der Waals surface area contributed by atoms with Gasteiger partial charge >= 0.3 is 0 Å². The number of rotatable bonds is 4. The summed E-state index contributed by atoms with van der Waals surface area (Å²) in [7, 11) is 13.2. The molecule has 0 spiro atoms. The van der Waals surface area contributed by atoms with Gasteiger partial charge in [-0.3, -0.25) is 14.7 Å². The molecule has 0 aromatic heterocycles. The summed E-state index contributed by atoms with van der Waals surface area (Å²) in [6.45, 7) is 5.20. The van der Waals surface area contributed by atoms with Gasteiger partial charge in [-0.25, -0.2) is 0 Å². The normalized spacial score (nSPS) is 19.4. The molecule has 1 amide bonds. The number of guanidine groups is 1. The van der Waals surface area contributed by atoms with Crippen LogP contribution in [0.25, 0.3) is 0 Å². The van der Waals surface area contributed by atoms with Crippen LogP contribution in [-0.2, 0) is 16.7 Å². The van der Waals surface area contributed by atoms with E-state index in [1.165, 1.54) is 0 Å². The molecule has 5 rings (SSSR count). The van der Waals surface area contributed by atoms with E-state index >= 15 is 0 Å². The predicted octanol–water partition coefficient (Wildman–Crippen LogP) is 2.12. The topological polar surface area (TPSA) is 39.2 Å². The highest BCUT2D eigenvalue weighted by Crippen LogP contribution is 2.35. The second-order valence-corrected chi connectivity index (χ2v) is 8.44. The summed E-state index contributed by atoms with van der Waals surface area (Å²) in [4.78, 5) is 24.4. The standard InChI is InChI=1S/C24H24B2N4O/c1-17-7-5-6-8-18(17)15-30-22(31)20-16-28(24(25,26)19-9-3-2-4-10-19)13-11-21(20)29-14-12-27-23(29)30/h2-10H,11-16H2,1H3. The first-order valence-electron chi connectivity index (χ1n) is 10.8. The molecule has 0 N–H and O–H groups in total. The van der Waals surface area contributed by atoms with Crippen LogP contribution in [0.4, 0.5) is 0 Å². The number of amides is 1. The number of aliphatic imine (C=N–C) groups is 1. The summed E-state index contributed by atoms with van der Waals surface area (Å²) >= 11 is 0. The molecule has 2 aromatic carbocycles. The van der Waals surface area contributed by atoms with E-state index in [4.69, 9.17) is 15.7 Å². The lowest BCUT2D eigenvalue weighted by Gasteiger charge is -2.47. The lowest BCUT2D eigenvalue weighted by Crippen LogP contribution is -2.57. The van der Waals surface area contributed by atoms with Crippen LogP contribution in [0.3, 0.4) is 0 Å². The molecule has 3 aliphatic heterocycles. The third kappa shape index (κ3) is 3.41. The highest BCUT2D eigenvalue weighted by Gasteiger charge is 2.43. The van der Waals surface area contributed by atoms with Crippen molar-refractivity contribution in [3.63, 3.8) is 0 Å². The molecule has 0 atom stereocenters. The molecule has 2 aromatic rings. The maximum absolute atomic E-state index is 13.7. The van der Waals surface area contributed by atoms with Gasteiger partial charge in [0.15, 0.2) is 0 Å². The average molecular weight is 406 g/mol. The Morgan fingerprint density at radius 3 is 2.55 bits per heavy atom. The van der Waals surface area contributed by atoms with E-state index in [2.05, 4.69) is 28.9 Å². The van der Waals surface area contributed by atoms with Crippen LogP contribution in [-0.4, -0.2) is 68.4 Å². The highest BCUT2D eigenvalue weighted by atomic mass is 16.2. The summed E-state index contributed by atoms with van der Waals surface area (Å²) in [6, 6.07) is 17.8. The maximum Gasteiger partial charge on any atom is 0.259 e. The number of benzene rings is 2. The smallest absolute Gasteiger partial charge is 0.259 e. The fraction of sp³-hybridized carbons (Fsp3) is 0.333. The number of carbonyl (C=O) groups excluding carboxylic acids is 1. The molecule has 0 saturated carbocycles. The van der Waals surface area contributed by atoms with E-state index in [0.717, 1.165) is 46.9 Å². The first-order chi connectivity index (χ1) is 15.0. The van der Waals surface area contributed by atoms with Crippen molar-refractivity contribution in [2.24, 2.45) is 4.99 Å². The van der Waals surface area contributed by atoms with Gasteiger partial charge in [0, 0.05) is 31.8 Å². The van der Waals surface area contributed by atoms with E-state index in [0.29, 0.717) is 26.2 Å². The SMILES string of the molecule is [B]C([B])(c1ccccc1)N1CCC2=C(C1)C(=O)N(Cc1ccccc1C)C1=NCCN12. The van der Waals surface area contributed by atoms with Gasteiger partial charge in [0.2, 0.25) is 5.96 Å². The van der Waals surface area contributed by atoms with Crippen molar-refractivity contribution < 1.29 is 4.79 Å². The molecule has 0 fully saturated rings. The first kappa shape index (κ1) is 20.1. The molecule has 0 bridgehead atoms. The van der Waals surface area contributed by atoms with Crippen molar-refractivity contribution in [1.29, 1.82) is 0 Å². The zero-order chi connectivity index (χ0) is 21.6. The molecule has 3 aliphatic rings. The van der Waals surface area contributed by atoms with Crippen LogP contribution >= 0.6 is 0 Å². The number of carbonyl (C=O) groups is 1. The van der Waals surface area contributed by atoms with Crippen molar-refractivity contribution >= 4 is 27.6 Å². The van der Waals surface area contributed by atoms with E-state index in [-0.39, 0.29) is 5.91 Å². The number of fused-ring (bicyclic) bond motifs is 2. The minimum atomic E-state index is -1.14. The minimum Gasteiger partial charge on any atom is -0.314 e. The van der Waals surface area contributed by atoms with Crippen LogP contribution in [0.15, 0.2) is 70.9 Å². The second kappa shape index (κ2) is 7.72. The number of hydrogen-bond donors (Lipinski definition) is 0. The zero-order valence-electron chi connectivity index (χ0n) is 17.8. The zero-order valence-corrected chi connectivity index (χ0v) is 17.8. The van der Waals surface area contributed by atoms with Gasteiger partial charge in [0.05, 0.1) is 34.4 Å². The summed E-state index contributed by atoms with van der Waals surface area (Å²) in [5, 5.41) is -1.14. The predicted molar refractivity (Wildman–Crippen MR) is 124 cm³/mol. The monoisotopic (exact) mass is 406 g/mol. The third-order valence-electron chi connectivity index (χ3n) is 6.55. The van der Waals surface area contributed by atoms with Crippen LogP contribution in [0, 0.1) is 6.92 Å². The Hall–Kier alpha value is -2.79. The van der Waals surface area contributed by atoms with Crippen LogP contribution < -0.4 is 0 Å². The van der Waals surface area contributed by atoms with Gasteiger partial charge in [-0.15, -0.1) is 0 Å². The molecule has 0 unspecified atom stereocenters. The minimum absolute atomic E-state index is 0.00344. The molecule has 0 saturated heterocycles. The van der Waals surface area contributed by atoms with E-state index in [9.17, 15) is 4.79 Å². The van der Waals surface area contributed by atoms with Crippen LogP contribution in [0.1, 0.15) is 23.1 Å². The lowest BCUT2D eigenvalue weighted by molar-refractivity contribution is -0.125. The fourth-order valence-electron chi connectivity index (χ4n) is 4.72. The number of nitrogens with zero attached hydrogens (tertiary/aromatic N) is 4. The van der Waals surface area contributed by atoms with E-state index in [1.807, 2.05) is 52.3 Å². The molecule has 4 radical (unpaired) electrons. The van der Waals surface area contributed by atoms with Crippen molar-refractivity contribution in [1.82, 2.24) is 14.7 Å². The summed E-state index contributed by atoms with van der Waals surface area (Å²) < 4.78 is 0. The fourth-order valence-corrected chi connectivity index (χ4v) is 4.72. The third-order valence-corrected chi connectivity index (χ3v) is 6.55. The summed E-state index contributed by atoms with van der Waals surface area (Å²) in [6.07, 6.45) is 0.723. The highest BCUT2D eigenvalue weighted by molar-refractivity contribution is 6.39. The van der Waals surface area contributed by atoms with Crippen molar-refractivity contribution in [3.05, 3.63) is 82.6 Å². The number of aryl methyl sites for hydroxylation is 1. The van der Waals surface area contributed by atoms with Gasteiger partial charge in [0.1, 0.15) is 0 Å². The van der Waals surface area contributed by atoms with Crippen LogP contribution in [0.5, 0.6) is 0 Å². The molecular weight excluding hydrogens is 382 g/mol. The van der Waals surface area contributed by atoms with E-state index in [1.54, 1.807) is 0 Å². The molecule has 3 heterocycles. The van der Waals surface area contributed by atoms with E-state index < -0.39 is 5.34 Å². The Morgan fingerprint density at radius 1 is 1.03 bits per heavy atom. The maximum atomic E-state index is 13.7. The van der Waals surface area contributed by atoms with Gasteiger partial charge < -0.3 is 9.80 Å². The van der Waals surface area contributed by atoms with Gasteiger partial charge in [0.25, 0.3) is 5.91 Å². The lowest BCUT2D eigenvalue weighted by atomic mass is 9.56. The quantitative estimate of drug-likeness (QED) is 0.731. The summed E-state index contributed by atoms with van der Waals surface area (Å²) in [5.41, 5.74) is 4.97. The Bertz CT molecular complexity index is 1080. The molecule has 152 valence electrons. The van der Waals surface area contributed by atoms with Crippen molar-refractivity contribution in [2.45, 2.75) is 25.2 Å².